The van der Waals surface area contributed by atoms with Gasteiger partial charge in [0.15, 0.2) is 0 Å². The SMILES string of the molecule is CC(OCC#C[Si](C)(C)C)(c1ccccc1)c1ccccn1. The fraction of sp³-hybridized carbons (Fsp3) is 0.316. The molecular weight excluding hydrogens is 286 g/mol. The van der Waals surface area contributed by atoms with Gasteiger partial charge in [0.05, 0.1) is 5.69 Å². The number of rotatable bonds is 4. The van der Waals surface area contributed by atoms with Crippen LogP contribution in [0.2, 0.25) is 19.6 Å². The summed E-state index contributed by atoms with van der Waals surface area (Å²) in [6, 6.07) is 16.1. The highest BCUT2D eigenvalue weighted by Crippen LogP contribution is 2.31. The van der Waals surface area contributed by atoms with Gasteiger partial charge in [-0.25, -0.2) is 0 Å². The van der Waals surface area contributed by atoms with Crippen molar-refractivity contribution in [2.45, 2.75) is 32.2 Å². The van der Waals surface area contributed by atoms with E-state index in [0.29, 0.717) is 6.61 Å². The summed E-state index contributed by atoms with van der Waals surface area (Å²) < 4.78 is 6.18. The van der Waals surface area contributed by atoms with E-state index < -0.39 is 13.7 Å². The number of pyridine rings is 1. The van der Waals surface area contributed by atoms with E-state index in [1.165, 1.54) is 0 Å². The van der Waals surface area contributed by atoms with Crippen LogP contribution in [-0.2, 0) is 10.3 Å². The largest absolute Gasteiger partial charge is 0.352 e. The smallest absolute Gasteiger partial charge is 0.133 e. The lowest BCUT2D eigenvalue weighted by Gasteiger charge is -2.29. The maximum absolute atomic E-state index is 6.18. The third kappa shape index (κ3) is 4.30. The minimum absolute atomic E-state index is 0.409. The fourth-order valence-corrected chi connectivity index (χ4v) is 2.79. The summed E-state index contributed by atoms with van der Waals surface area (Å²) >= 11 is 0. The molecule has 0 N–H and O–H groups in total. The number of nitrogens with zero attached hydrogens (tertiary/aromatic N) is 1. The topological polar surface area (TPSA) is 22.1 Å². The molecule has 0 aliphatic heterocycles. The molecule has 0 saturated heterocycles. The first kappa shape index (κ1) is 16.5. The van der Waals surface area contributed by atoms with Crippen LogP contribution in [-0.4, -0.2) is 19.7 Å². The molecule has 1 aromatic heterocycles. The van der Waals surface area contributed by atoms with E-state index in [4.69, 9.17) is 4.74 Å². The number of benzene rings is 1. The van der Waals surface area contributed by atoms with Crippen LogP contribution < -0.4 is 0 Å². The Labute approximate surface area is 134 Å². The molecule has 1 atom stereocenters. The van der Waals surface area contributed by atoms with E-state index in [1.54, 1.807) is 6.20 Å². The van der Waals surface area contributed by atoms with Crippen LogP contribution in [0, 0.1) is 11.5 Å². The molecule has 0 bridgehead atoms. The monoisotopic (exact) mass is 309 g/mol. The molecule has 1 unspecified atom stereocenters. The Kier molecular flexibility index (Phi) is 5.18. The number of hydrogen-bond acceptors (Lipinski definition) is 2. The lowest BCUT2D eigenvalue weighted by molar-refractivity contribution is 0.0136. The first-order valence-electron chi connectivity index (χ1n) is 7.53. The van der Waals surface area contributed by atoms with Gasteiger partial charge in [0.1, 0.15) is 20.3 Å². The molecular formula is C19H23NOSi. The van der Waals surface area contributed by atoms with Gasteiger partial charge in [-0.2, -0.15) is 0 Å². The minimum Gasteiger partial charge on any atom is -0.352 e. The van der Waals surface area contributed by atoms with Crippen molar-refractivity contribution in [2.24, 2.45) is 0 Å². The van der Waals surface area contributed by atoms with Crippen molar-refractivity contribution in [2.75, 3.05) is 6.61 Å². The second-order valence-corrected chi connectivity index (χ2v) is 11.2. The zero-order valence-corrected chi connectivity index (χ0v) is 14.8. The van der Waals surface area contributed by atoms with Crippen LogP contribution in [0.15, 0.2) is 54.7 Å². The summed E-state index contributed by atoms with van der Waals surface area (Å²) in [6.07, 6.45) is 1.80. The molecule has 0 saturated carbocycles. The van der Waals surface area contributed by atoms with Crippen molar-refractivity contribution >= 4 is 8.07 Å². The Morgan fingerprint density at radius 3 is 2.32 bits per heavy atom. The van der Waals surface area contributed by atoms with Gasteiger partial charge < -0.3 is 4.74 Å². The van der Waals surface area contributed by atoms with Gasteiger partial charge in [0, 0.05) is 6.20 Å². The van der Waals surface area contributed by atoms with Crippen molar-refractivity contribution in [3.05, 3.63) is 66.0 Å². The molecule has 2 aromatic rings. The predicted octanol–water partition coefficient (Wildman–Crippen LogP) is 4.24. The van der Waals surface area contributed by atoms with E-state index in [2.05, 4.69) is 55.1 Å². The molecule has 0 aliphatic rings. The molecule has 2 rings (SSSR count). The summed E-state index contributed by atoms with van der Waals surface area (Å²) in [5.74, 6) is 3.18. The summed E-state index contributed by atoms with van der Waals surface area (Å²) in [7, 11) is -1.37. The molecule has 1 heterocycles. The van der Waals surface area contributed by atoms with Crippen LogP contribution in [0.5, 0.6) is 0 Å². The van der Waals surface area contributed by atoms with E-state index >= 15 is 0 Å². The molecule has 0 fully saturated rings. The lowest BCUT2D eigenvalue weighted by atomic mass is 9.91. The Morgan fingerprint density at radius 2 is 1.73 bits per heavy atom. The zero-order valence-electron chi connectivity index (χ0n) is 13.8. The highest BCUT2D eigenvalue weighted by Gasteiger charge is 2.30. The maximum Gasteiger partial charge on any atom is 0.133 e. The molecule has 0 amide bonds. The van der Waals surface area contributed by atoms with E-state index in [1.807, 2.05) is 36.4 Å². The van der Waals surface area contributed by atoms with Crippen LogP contribution >= 0.6 is 0 Å². The van der Waals surface area contributed by atoms with Crippen LogP contribution in [0.1, 0.15) is 18.2 Å². The summed E-state index contributed by atoms with van der Waals surface area (Å²) in [5, 5.41) is 0. The molecule has 1 aromatic carbocycles. The van der Waals surface area contributed by atoms with Gasteiger partial charge in [-0.05, 0) is 24.6 Å². The highest BCUT2D eigenvalue weighted by molar-refractivity contribution is 6.83. The van der Waals surface area contributed by atoms with Crippen LogP contribution in [0.3, 0.4) is 0 Å². The predicted molar refractivity (Wildman–Crippen MR) is 94.2 cm³/mol. The molecule has 2 nitrogen and oxygen atoms in total. The quantitative estimate of drug-likeness (QED) is 0.622. The Morgan fingerprint density at radius 1 is 1.05 bits per heavy atom. The van der Waals surface area contributed by atoms with Gasteiger partial charge in [-0.15, -0.1) is 5.54 Å². The normalized spacial score (nSPS) is 13.8. The van der Waals surface area contributed by atoms with Crippen LogP contribution in [0.4, 0.5) is 0 Å². The second kappa shape index (κ2) is 6.91. The van der Waals surface area contributed by atoms with Crippen molar-refractivity contribution in [3.8, 4) is 11.5 Å². The van der Waals surface area contributed by atoms with Crippen molar-refractivity contribution < 1.29 is 4.74 Å². The zero-order chi connectivity index (χ0) is 16.1. The van der Waals surface area contributed by atoms with E-state index in [-0.39, 0.29) is 0 Å². The Bertz CT molecular complexity index is 611. The van der Waals surface area contributed by atoms with E-state index in [9.17, 15) is 0 Å². The fourth-order valence-electron chi connectivity index (χ4n) is 2.19. The van der Waals surface area contributed by atoms with E-state index in [0.717, 1.165) is 11.3 Å². The Balaban J connectivity index is 2.29. The molecule has 0 radical (unpaired) electrons. The maximum atomic E-state index is 6.18. The number of ether oxygens (including phenoxy) is 1. The van der Waals surface area contributed by atoms with Crippen molar-refractivity contribution in [3.63, 3.8) is 0 Å². The first-order chi connectivity index (χ1) is 10.4. The average molecular weight is 309 g/mol. The third-order valence-electron chi connectivity index (χ3n) is 3.37. The number of aromatic nitrogens is 1. The molecule has 0 spiro atoms. The Hall–Kier alpha value is -1.89. The summed E-state index contributed by atoms with van der Waals surface area (Å²) in [6.45, 7) is 9.16. The van der Waals surface area contributed by atoms with Crippen molar-refractivity contribution in [1.29, 1.82) is 0 Å². The highest BCUT2D eigenvalue weighted by atomic mass is 28.3. The summed E-state index contributed by atoms with van der Waals surface area (Å²) in [5.41, 5.74) is 4.74. The van der Waals surface area contributed by atoms with Gasteiger partial charge in [0.2, 0.25) is 0 Å². The molecule has 114 valence electrons. The molecule has 22 heavy (non-hydrogen) atoms. The molecule has 3 heteroatoms. The summed E-state index contributed by atoms with van der Waals surface area (Å²) in [4.78, 5) is 4.49. The van der Waals surface area contributed by atoms with Crippen molar-refractivity contribution in [1.82, 2.24) is 4.98 Å². The molecule has 0 aliphatic carbocycles. The van der Waals surface area contributed by atoms with Crippen LogP contribution in [0.25, 0.3) is 0 Å². The van der Waals surface area contributed by atoms with Gasteiger partial charge in [0.25, 0.3) is 0 Å². The second-order valence-electron chi connectivity index (χ2n) is 6.45. The third-order valence-corrected chi connectivity index (χ3v) is 4.30. The van der Waals surface area contributed by atoms with Gasteiger partial charge >= 0.3 is 0 Å². The first-order valence-corrected chi connectivity index (χ1v) is 11.0. The minimum atomic E-state index is -1.37. The van der Waals surface area contributed by atoms with Gasteiger partial charge in [-0.3, -0.25) is 4.98 Å². The number of hydrogen-bond donors (Lipinski definition) is 0. The average Bonchev–Trinajstić information content (AvgIpc) is 2.52. The lowest BCUT2D eigenvalue weighted by Crippen LogP contribution is -2.29. The standard InChI is InChI=1S/C19H23NOSi/c1-19(17-11-6-5-7-12-17,18-13-8-9-14-20-18)21-15-10-16-22(2,3)4/h5-9,11-14H,15H2,1-4H3. The van der Waals surface area contributed by atoms with Gasteiger partial charge in [-0.1, -0.05) is 62.0 Å².